The number of thiophene rings is 1. The minimum Gasteiger partial charge on any atom is -0.497 e. The molecule has 1 N–H and O–H groups in total. The van der Waals surface area contributed by atoms with Gasteiger partial charge in [-0.3, -0.25) is 4.79 Å². The number of carbonyl (C=O) groups excluding carboxylic acids is 1. The van der Waals surface area contributed by atoms with E-state index in [2.05, 4.69) is 4.98 Å². The lowest BCUT2D eigenvalue weighted by Gasteiger charge is -2.25. The fraction of sp³-hybridized carbons (Fsp3) is 0.174. The number of aliphatic hydroxyl groups is 1. The van der Waals surface area contributed by atoms with Crippen LogP contribution >= 0.6 is 11.3 Å². The van der Waals surface area contributed by atoms with Crippen LogP contribution < -0.4 is 4.74 Å². The van der Waals surface area contributed by atoms with Gasteiger partial charge in [0.15, 0.2) is 11.6 Å². The van der Waals surface area contributed by atoms with Crippen molar-refractivity contribution in [3.8, 4) is 17.1 Å². The van der Waals surface area contributed by atoms with Crippen molar-refractivity contribution in [3.05, 3.63) is 76.1 Å². The third-order valence-corrected chi connectivity index (χ3v) is 5.96. The molecule has 0 fully saturated rings. The number of fused-ring (bicyclic) bond motifs is 1. The van der Waals surface area contributed by atoms with Gasteiger partial charge in [-0.1, -0.05) is 30.3 Å². The number of para-hydroxylation sites is 1. The van der Waals surface area contributed by atoms with Crippen LogP contribution in [-0.4, -0.2) is 28.0 Å². The molecule has 146 valence electrons. The van der Waals surface area contributed by atoms with E-state index in [9.17, 15) is 9.90 Å². The summed E-state index contributed by atoms with van der Waals surface area (Å²) in [6.07, 6.45) is 0. The number of benzene rings is 2. The van der Waals surface area contributed by atoms with E-state index >= 15 is 0 Å². The molecule has 4 rings (SSSR count). The van der Waals surface area contributed by atoms with Crippen molar-refractivity contribution in [2.75, 3.05) is 7.11 Å². The maximum absolute atomic E-state index is 12.0. The van der Waals surface area contributed by atoms with Crippen molar-refractivity contribution in [1.82, 2.24) is 9.97 Å². The Kier molecular flexibility index (Phi) is 4.90. The van der Waals surface area contributed by atoms with Gasteiger partial charge < -0.3 is 9.84 Å². The predicted octanol–water partition coefficient (Wildman–Crippen LogP) is 4.83. The van der Waals surface area contributed by atoms with Gasteiger partial charge in [-0.05, 0) is 49.1 Å². The fourth-order valence-electron chi connectivity index (χ4n) is 3.38. The number of ether oxygens (including phenoxy) is 1. The van der Waals surface area contributed by atoms with Crippen LogP contribution in [0.1, 0.15) is 34.8 Å². The van der Waals surface area contributed by atoms with E-state index in [0.717, 1.165) is 5.39 Å². The minimum atomic E-state index is -1.37. The summed E-state index contributed by atoms with van der Waals surface area (Å²) < 4.78 is 5.22. The third kappa shape index (κ3) is 3.41. The molecule has 0 aliphatic carbocycles. The van der Waals surface area contributed by atoms with Gasteiger partial charge in [-0.2, -0.15) is 0 Å². The van der Waals surface area contributed by atoms with Gasteiger partial charge in [-0.15, -0.1) is 11.3 Å². The molecule has 0 saturated carbocycles. The summed E-state index contributed by atoms with van der Waals surface area (Å²) in [6.45, 7) is 3.25. The second-order valence-electron chi connectivity index (χ2n) is 6.93. The first-order valence-corrected chi connectivity index (χ1v) is 10.0. The highest BCUT2D eigenvalue weighted by atomic mass is 32.1. The monoisotopic (exact) mass is 404 g/mol. The van der Waals surface area contributed by atoms with Gasteiger partial charge in [0.2, 0.25) is 0 Å². The lowest BCUT2D eigenvalue weighted by Crippen LogP contribution is -2.25. The zero-order valence-electron chi connectivity index (χ0n) is 16.3. The number of aromatic nitrogens is 2. The Morgan fingerprint density at radius 2 is 1.79 bits per heavy atom. The van der Waals surface area contributed by atoms with Crippen LogP contribution in [0.5, 0.6) is 5.75 Å². The summed E-state index contributed by atoms with van der Waals surface area (Å²) in [6, 6.07) is 16.7. The molecule has 2 aromatic heterocycles. The molecule has 1 unspecified atom stereocenters. The van der Waals surface area contributed by atoms with Crippen LogP contribution in [-0.2, 0) is 5.60 Å². The summed E-state index contributed by atoms with van der Waals surface area (Å²) >= 11 is 1.37. The lowest BCUT2D eigenvalue weighted by atomic mass is 9.89. The van der Waals surface area contributed by atoms with E-state index in [1.165, 1.54) is 18.3 Å². The molecule has 0 saturated heterocycles. The molecule has 0 aliphatic heterocycles. The summed E-state index contributed by atoms with van der Waals surface area (Å²) in [5.41, 5.74) is 1.20. The largest absolute Gasteiger partial charge is 0.497 e. The summed E-state index contributed by atoms with van der Waals surface area (Å²) in [5, 5.41) is 14.1. The summed E-state index contributed by atoms with van der Waals surface area (Å²) in [5.74, 6) is 1.11. The molecule has 1 atom stereocenters. The predicted molar refractivity (Wildman–Crippen MR) is 115 cm³/mol. The van der Waals surface area contributed by atoms with Crippen LogP contribution in [0, 0.1) is 0 Å². The summed E-state index contributed by atoms with van der Waals surface area (Å²) in [7, 11) is 1.60. The smallest absolute Gasteiger partial charge is 0.170 e. The van der Waals surface area contributed by atoms with Crippen LogP contribution in [0.3, 0.4) is 0 Å². The van der Waals surface area contributed by atoms with Gasteiger partial charge in [0.25, 0.3) is 0 Å². The Morgan fingerprint density at radius 1 is 1.07 bits per heavy atom. The molecule has 29 heavy (non-hydrogen) atoms. The number of rotatable bonds is 5. The van der Waals surface area contributed by atoms with Gasteiger partial charge in [0.1, 0.15) is 11.4 Å². The number of Topliss-reactive ketones (excluding diaryl/α,β-unsaturated/α-hetero) is 1. The van der Waals surface area contributed by atoms with E-state index in [-0.39, 0.29) is 5.78 Å². The Hall–Kier alpha value is -3.09. The Balaban J connectivity index is 1.95. The molecule has 2 aromatic carbocycles. The molecule has 4 aromatic rings. The first-order chi connectivity index (χ1) is 13.9. The van der Waals surface area contributed by atoms with Crippen LogP contribution in [0.4, 0.5) is 0 Å². The zero-order chi connectivity index (χ0) is 20.6. The quantitative estimate of drug-likeness (QED) is 0.483. The topological polar surface area (TPSA) is 72.3 Å². The lowest BCUT2D eigenvalue weighted by molar-refractivity contribution is 0.0991. The summed E-state index contributed by atoms with van der Waals surface area (Å²) in [4.78, 5) is 22.0. The SMILES string of the molecule is COc1ccc(C(C)(O)c2nc(-c3ccsc3C(C)=O)nc3ccccc23)cc1. The van der Waals surface area contributed by atoms with Crippen molar-refractivity contribution in [2.24, 2.45) is 0 Å². The molecule has 5 nitrogen and oxygen atoms in total. The van der Waals surface area contributed by atoms with E-state index in [4.69, 9.17) is 9.72 Å². The highest BCUT2D eigenvalue weighted by Crippen LogP contribution is 2.36. The highest BCUT2D eigenvalue weighted by molar-refractivity contribution is 7.12. The second-order valence-corrected chi connectivity index (χ2v) is 7.85. The van der Waals surface area contributed by atoms with Crippen molar-refractivity contribution < 1.29 is 14.6 Å². The van der Waals surface area contributed by atoms with E-state index in [0.29, 0.717) is 38.8 Å². The Morgan fingerprint density at radius 3 is 2.48 bits per heavy atom. The standard InChI is InChI=1S/C23H20N2O3S/c1-14(26)20-18(12-13-29-20)22-24-19-7-5-4-6-17(19)21(25-22)23(2,27)15-8-10-16(28-3)11-9-15/h4-13,27H,1-3H3. The molecular formula is C23H20N2O3S. The average molecular weight is 404 g/mol. The minimum absolute atomic E-state index is 0.0322. The number of hydrogen-bond donors (Lipinski definition) is 1. The molecule has 2 heterocycles. The van der Waals surface area contributed by atoms with Crippen LogP contribution in [0.25, 0.3) is 22.3 Å². The number of carbonyl (C=O) groups is 1. The fourth-order valence-corrected chi connectivity index (χ4v) is 4.17. The number of methoxy groups -OCH3 is 1. The van der Waals surface area contributed by atoms with Crippen molar-refractivity contribution in [1.29, 1.82) is 0 Å². The van der Waals surface area contributed by atoms with Crippen LogP contribution in [0.2, 0.25) is 0 Å². The number of ketones is 1. The normalized spacial score (nSPS) is 13.2. The molecule has 0 amide bonds. The van der Waals surface area contributed by atoms with Gasteiger partial charge in [0, 0.05) is 10.9 Å². The number of nitrogens with zero attached hydrogens (tertiary/aromatic N) is 2. The molecule has 0 radical (unpaired) electrons. The second kappa shape index (κ2) is 7.39. The first-order valence-electron chi connectivity index (χ1n) is 9.15. The van der Waals surface area contributed by atoms with E-state index in [1.807, 2.05) is 47.8 Å². The maximum atomic E-state index is 12.0. The Bertz CT molecular complexity index is 1200. The van der Waals surface area contributed by atoms with Crippen molar-refractivity contribution >= 4 is 28.0 Å². The zero-order valence-corrected chi connectivity index (χ0v) is 17.2. The first kappa shape index (κ1) is 19.2. The Labute approximate surface area is 172 Å². The molecule has 0 bridgehead atoms. The highest BCUT2D eigenvalue weighted by Gasteiger charge is 2.31. The van der Waals surface area contributed by atoms with Gasteiger partial charge in [-0.25, -0.2) is 9.97 Å². The maximum Gasteiger partial charge on any atom is 0.170 e. The third-order valence-electron chi connectivity index (χ3n) is 4.94. The molecule has 6 heteroatoms. The van der Waals surface area contributed by atoms with Crippen molar-refractivity contribution in [3.63, 3.8) is 0 Å². The molecular weight excluding hydrogens is 384 g/mol. The number of hydrogen-bond acceptors (Lipinski definition) is 6. The average Bonchev–Trinajstić information content (AvgIpc) is 3.23. The van der Waals surface area contributed by atoms with Crippen LogP contribution in [0.15, 0.2) is 60.0 Å². The van der Waals surface area contributed by atoms with Crippen molar-refractivity contribution in [2.45, 2.75) is 19.4 Å². The van der Waals surface area contributed by atoms with E-state index in [1.54, 1.807) is 26.2 Å². The molecule has 0 aliphatic rings. The molecule has 0 spiro atoms. The van der Waals surface area contributed by atoms with Gasteiger partial charge in [0.05, 0.1) is 23.2 Å². The van der Waals surface area contributed by atoms with E-state index < -0.39 is 5.60 Å². The van der Waals surface area contributed by atoms with Gasteiger partial charge >= 0.3 is 0 Å².